The van der Waals surface area contributed by atoms with Gasteiger partial charge in [-0.2, -0.15) is 0 Å². The van der Waals surface area contributed by atoms with Crippen molar-refractivity contribution in [3.63, 3.8) is 0 Å². The Kier molecular flexibility index (Phi) is 6.44. The summed E-state index contributed by atoms with van der Waals surface area (Å²) in [5.41, 5.74) is 2.22. The van der Waals surface area contributed by atoms with Crippen LogP contribution in [0.15, 0.2) is 12.1 Å². The maximum atomic E-state index is 5.95. The summed E-state index contributed by atoms with van der Waals surface area (Å²) in [4.78, 5) is 6.93. The molecule has 0 aliphatic heterocycles. The third-order valence-electron chi connectivity index (χ3n) is 3.02. The lowest BCUT2D eigenvalue weighted by atomic mass is 10.2. The predicted octanol–water partition coefficient (Wildman–Crippen LogP) is 3.24. The van der Waals surface area contributed by atoms with Gasteiger partial charge in [-0.1, -0.05) is 6.92 Å². The van der Waals surface area contributed by atoms with Gasteiger partial charge in [0.15, 0.2) is 0 Å². The number of rotatable bonds is 7. The molecule has 0 aliphatic rings. The van der Waals surface area contributed by atoms with Gasteiger partial charge in [0, 0.05) is 25.2 Å². The fraction of sp³-hybridized carbons (Fsp3) is 0.643. The first-order valence-electron chi connectivity index (χ1n) is 6.47. The van der Waals surface area contributed by atoms with Crippen molar-refractivity contribution in [3.05, 3.63) is 23.4 Å². The summed E-state index contributed by atoms with van der Waals surface area (Å²) in [6, 6.07) is 4.45. The molecule has 1 aromatic heterocycles. The zero-order chi connectivity index (χ0) is 13.5. The maximum Gasteiger partial charge on any atom is 0.129 e. The zero-order valence-electron chi connectivity index (χ0n) is 11.7. The lowest BCUT2D eigenvalue weighted by molar-refractivity contribution is 0.181. The number of anilines is 1. The molecule has 1 heterocycles. The van der Waals surface area contributed by atoms with Gasteiger partial charge in [0.2, 0.25) is 0 Å². The van der Waals surface area contributed by atoms with E-state index in [0.29, 0.717) is 18.5 Å². The standard InChI is InChI=1S/C14H23ClN2O/c1-5-13-7-12(9-15)8-14(16-13)17(6-2)11(3)10-18-4/h7-8,11H,5-6,9-10H2,1-4H3. The summed E-state index contributed by atoms with van der Waals surface area (Å²) >= 11 is 5.95. The van der Waals surface area contributed by atoms with Gasteiger partial charge in [-0.3, -0.25) is 0 Å². The number of methoxy groups -OCH3 is 1. The van der Waals surface area contributed by atoms with Crippen LogP contribution in [0.3, 0.4) is 0 Å². The second-order valence-electron chi connectivity index (χ2n) is 4.40. The Morgan fingerprint density at radius 2 is 2.11 bits per heavy atom. The van der Waals surface area contributed by atoms with E-state index in [4.69, 9.17) is 16.3 Å². The number of hydrogen-bond acceptors (Lipinski definition) is 3. The van der Waals surface area contributed by atoms with E-state index in [0.717, 1.165) is 30.0 Å². The second-order valence-corrected chi connectivity index (χ2v) is 4.67. The number of aryl methyl sites for hydroxylation is 1. The molecule has 4 heteroatoms. The fourth-order valence-corrected chi connectivity index (χ4v) is 2.22. The molecular formula is C14H23ClN2O. The number of ether oxygens (including phenoxy) is 1. The highest BCUT2D eigenvalue weighted by Gasteiger charge is 2.15. The fourth-order valence-electron chi connectivity index (χ4n) is 2.07. The van der Waals surface area contributed by atoms with Crippen molar-refractivity contribution in [2.24, 2.45) is 0 Å². The quantitative estimate of drug-likeness (QED) is 0.711. The summed E-state index contributed by atoms with van der Waals surface area (Å²) in [6.07, 6.45) is 0.925. The lowest BCUT2D eigenvalue weighted by Crippen LogP contribution is -2.36. The van der Waals surface area contributed by atoms with Crippen LogP contribution in [-0.4, -0.2) is 31.3 Å². The summed E-state index contributed by atoms with van der Waals surface area (Å²) in [5.74, 6) is 1.52. The smallest absolute Gasteiger partial charge is 0.129 e. The molecule has 0 aliphatic carbocycles. The molecule has 0 bridgehead atoms. The minimum atomic E-state index is 0.308. The monoisotopic (exact) mass is 270 g/mol. The van der Waals surface area contributed by atoms with Gasteiger partial charge in [-0.05, 0) is 38.0 Å². The van der Waals surface area contributed by atoms with E-state index in [1.54, 1.807) is 7.11 Å². The molecule has 18 heavy (non-hydrogen) atoms. The molecule has 0 aromatic carbocycles. The highest BCUT2D eigenvalue weighted by Crippen LogP contribution is 2.19. The van der Waals surface area contributed by atoms with Crippen LogP contribution < -0.4 is 4.90 Å². The Bertz CT molecular complexity index is 349. The number of likely N-dealkylation sites (N-methyl/N-ethyl adjacent to an activating group) is 1. The van der Waals surface area contributed by atoms with Crippen LogP contribution in [0, 0.1) is 0 Å². The molecule has 1 atom stereocenters. The Hall–Kier alpha value is -0.800. The molecule has 0 fully saturated rings. The van der Waals surface area contributed by atoms with Crippen molar-refractivity contribution in [2.75, 3.05) is 25.2 Å². The van der Waals surface area contributed by atoms with Crippen LogP contribution in [0.2, 0.25) is 0 Å². The summed E-state index contributed by atoms with van der Waals surface area (Å²) < 4.78 is 5.23. The van der Waals surface area contributed by atoms with Crippen LogP contribution in [-0.2, 0) is 17.0 Å². The van der Waals surface area contributed by atoms with Gasteiger partial charge in [0.05, 0.1) is 12.6 Å². The lowest BCUT2D eigenvalue weighted by Gasteiger charge is -2.29. The summed E-state index contributed by atoms with van der Waals surface area (Å²) in [6.45, 7) is 7.99. The first kappa shape index (κ1) is 15.3. The minimum absolute atomic E-state index is 0.308. The first-order valence-corrected chi connectivity index (χ1v) is 7.01. The molecule has 0 spiro atoms. The average molecular weight is 271 g/mol. The molecule has 3 nitrogen and oxygen atoms in total. The Balaban J connectivity index is 3.03. The van der Waals surface area contributed by atoms with Crippen LogP contribution in [0.5, 0.6) is 0 Å². The van der Waals surface area contributed by atoms with Crippen LogP contribution in [0.1, 0.15) is 32.0 Å². The van der Waals surface area contributed by atoms with Crippen LogP contribution in [0.4, 0.5) is 5.82 Å². The molecule has 0 N–H and O–H groups in total. The molecule has 0 saturated carbocycles. The molecule has 102 valence electrons. The molecule has 0 saturated heterocycles. The highest BCUT2D eigenvalue weighted by atomic mass is 35.5. The zero-order valence-corrected chi connectivity index (χ0v) is 12.5. The van der Waals surface area contributed by atoms with Gasteiger partial charge in [-0.25, -0.2) is 4.98 Å². The largest absolute Gasteiger partial charge is 0.383 e. The van der Waals surface area contributed by atoms with Crippen LogP contribution in [0.25, 0.3) is 0 Å². The number of alkyl halides is 1. The molecule has 1 rings (SSSR count). The van der Waals surface area contributed by atoms with Gasteiger partial charge in [-0.15, -0.1) is 11.6 Å². The number of aromatic nitrogens is 1. The van der Waals surface area contributed by atoms with E-state index in [1.165, 1.54) is 0 Å². The summed E-state index contributed by atoms with van der Waals surface area (Å²) in [5, 5.41) is 0. The summed E-state index contributed by atoms with van der Waals surface area (Å²) in [7, 11) is 1.73. The number of pyridine rings is 1. The van der Waals surface area contributed by atoms with Gasteiger partial charge in [0.25, 0.3) is 0 Å². The molecule has 0 radical (unpaired) electrons. The van der Waals surface area contributed by atoms with Gasteiger partial charge in [0.1, 0.15) is 5.82 Å². The minimum Gasteiger partial charge on any atom is -0.383 e. The second kappa shape index (κ2) is 7.59. The van der Waals surface area contributed by atoms with Crippen molar-refractivity contribution < 1.29 is 4.74 Å². The van der Waals surface area contributed by atoms with Gasteiger partial charge < -0.3 is 9.64 Å². The highest BCUT2D eigenvalue weighted by molar-refractivity contribution is 6.17. The SMILES string of the molecule is CCc1cc(CCl)cc(N(CC)C(C)COC)n1. The third kappa shape index (κ3) is 3.85. The van der Waals surface area contributed by atoms with E-state index in [9.17, 15) is 0 Å². The van der Waals surface area contributed by atoms with E-state index in [2.05, 4.69) is 42.8 Å². The van der Waals surface area contributed by atoms with Crippen molar-refractivity contribution >= 4 is 17.4 Å². The van der Waals surface area contributed by atoms with E-state index < -0.39 is 0 Å². The van der Waals surface area contributed by atoms with Crippen molar-refractivity contribution in [1.82, 2.24) is 4.98 Å². The van der Waals surface area contributed by atoms with Crippen LogP contribution >= 0.6 is 11.6 Å². The molecule has 0 amide bonds. The number of halogens is 1. The third-order valence-corrected chi connectivity index (χ3v) is 3.32. The van der Waals surface area contributed by atoms with E-state index in [-0.39, 0.29) is 0 Å². The van der Waals surface area contributed by atoms with Gasteiger partial charge >= 0.3 is 0 Å². The normalized spacial score (nSPS) is 12.5. The average Bonchev–Trinajstić information content (AvgIpc) is 2.39. The molecule has 1 unspecified atom stereocenters. The van der Waals surface area contributed by atoms with E-state index >= 15 is 0 Å². The van der Waals surface area contributed by atoms with Crippen molar-refractivity contribution in [2.45, 2.75) is 39.1 Å². The predicted molar refractivity (Wildman–Crippen MR) is 77.5 cm³/mol. The Morgan fingerprint density at radius 1 is 1.39 bits per heavy atom. The number of hydrogen-bond donors (Lipinski definition) is 0. The Morgan fingerprint density at radius 3 is 2.61 bits per heavy atom. The molecular weight excluding hydrogens is 248 g/mol. The topological polar surface area (TPSA) is 25.4 Å². The molecule has 1 aromatic rings. The maximum absolute atomic E-state index is 5.95. The van der Waals surface area contributed by atoms with Crippen molar-refractivity contribution in [1.29, 1.82) is 0 Å². The van der Waals surface area contributed by atoms with E-state index in [1.807, 2.05) is 0 Å². The first-order chi connectivity index (χ1) is 8.65. The Labute approximate surface area is 115 Å². The van der Waals surface area contributed by atoms with Crippen molar-refractivity contribution in [3.8, 4) is 0 Å². The number of nitrogens with zero attached hydrogens (tertiary/aromatic N) is 2.